The fourth-order valence-corrected chi connectivity index (χ4v) is 4.00. The second-order valence-corrected chi connectivity index (χ2v) is 7.41. The first-order chi connectivity index (χ1) is 11.9. The van der Waals surface area contributed by atoms with Crippen molar-refractivity contribution in [2.75, 3.05) is 6.61 Å². The number of nitrogens with zero attached hydrogens (tertiary/aromatic N) is 1. The molecular formula is C19H21BrFNO3. The molecule has 4 nitrogen and oxygen atoms in total. The van der Waals surface area contributed by atoms with Crippen LogP contribution in [0.5, 0.6) is 0 Å². The lowest BCUT2D eigenvalue weighted by Gasteiger charge is -2.25. The highest BCUT2D eigenvalue weighted by atomic mass is 79.9. The number of ether oxygens (including phenoxy) is 1. The SMILES string of the molecule is CCOC(=O)c1nc(C2(Cc3ccc(F)c(Br)c3)CCCC2)oc1C. The van der Waals surface area contributed by atoms with Crippen LogP contribution in [0.25, 0.3) is 0 Å². The van der Waals surface area contributed by atoms with E-state index in [-0.39, 0.29) is 16.9 Å². The molecule has 0 N–H and O–H groups in total. The minimum absolute atomic E-state index is 0.253. The van der Waals surface area contributed by atoms with Crippen molar-refractivity contribution in [2.24, 2.45) is 0 Å². The Labute approximate surface area is 154 Å². The van der Waals surface area contributed by atoms with Crippen LogP contribution in [-0.4, -0.2) is 17.6 Å². The molecule has 0 saturated heterocycles. The fourth-order valence-electron chi connectivity index (χ4n) is 3.57. The first-order valence-electron chi connectivity index (χ1n) is 8.54. The van der Waals surface area contributed by atoms with E-state index < -0.39 is 5.97 Å². The Morgan fingerprint density at radius 3 is 2.76 bits per heavy atom. The molecule has 1 heterocycles. The second-order valence-electron chi connectivity index (χ2n) is 6.56. The predicted octanol–water partition coefficient (Wildman–Crippen LogP) is 5.12. The number of carbonyl (C=O) groups is 1. The van der Waals surface area contributed by atoms with Crippen LogP contribution in [0.15, 0.2) is 27.1 Å². The number of halogens is 2. The van der Waals surface area contributed by atoms with Gasteiger partial charge in [-0.1, -0.05) is 18.9 Å². The van der Waals surface area contributed by atoms with Gasteiger partial charge in [-0.15, -0.1) is 0 Å². The molecule has 1 aliphatic rings. The Kier molecular flexibility index (Phi) is 5.27. The summed E-state index contributed by atoms with van der Waals surface area (Å²) in [6.07, 6.45) is 4.74. The third-order valence-corrected chi connectivity index (χ3v) is 5.41. The molecule has 2 aromatic rings. The zero-order valence-corrected chi connectivity index (χ0v) is 16.0. The average Bonchev–Trinajstić information content (AvgIpc) is 3.19. The van der Waals surface area contributed by atoms with Gasteiger partial charge in [-0.2, -0.15) is 0 Å². The highest BCUT2D eigenvalue weighted by Crippen LogP contribution is 2.44. The normalized spacial score (nSPS) is 16.2. The molecule has 0 spiro atoms. The number of oxazole rings is 1. The van der Waals surface area contributed by atoms with Crippen LogP contribution in [0.2, 0.25) is 0 Å². The molecule has 25 heavy (non-hydrogen) atoms. The van der Waals surface area contributed by atoms with E-state index in [0.717, 1.165) is 31.2 Å². The Bertz CT molecular complexity index is 781. The van der Waals surface area contributed by atoms with Gasteiger partial charge in [0.25, 0.3) is 0 Å². The van der Waals surface area contributed by atoms with Gasteiger partial charge in [-0.25, -0.2) is 14.2 Å². The molecule has 134 valence electrons. The largest absolute Gasteiger partial charge is 0.461 e. The smallest absolute Gasteiger partial charge is 0.360 e. The highest BCUT2D eigenvalue weighted by Gasteiger charge is 2.41. The molecule has 1 aromatic heterocycles. The number of esters is 1. The van der Waals surface area contributed by atoms with Gasteiger partial charge in [0.15, 0.2) is 5.69 Å². The van der Waals surface area contributed by atoms with Crippen molar-refractivity contribution >= 4 is 21.9 Å². The molecule has 0 aliphatic heterocycles. The van der Waals surface area contributed by atoms with Crippen molar-refractivity contribution in [3.8, 4) is 0 Å². The van der Waals surface area contributed by atoms with E-state index in [1.165, 1.54) is 6.07 Å². The van der Waals surface area contributed by atoms with Crippen LogP contribution in [-0.2, 0) is 16.6 Å². The summed E-state index contributed by atoms with van der Waals surface area (Å²) >= 11 is 3.25. The van der Waals surface area contributed by atoms with E-state index in [4.69, 9.17) is 9.15 Å². The summed E-state index contributed by atoms with van der Waals surface area (Å²) in [5, 5.41) is 0. The van der Waals surface area contributed by atoms with E-state index in [9.17, 15) is 9.18 Å². The van der Waals surface area contributed by atoms with Gasteiger partial charge in [-0.3, -0.25) is 0 Å². The van der Waals surface area contributed by atoms with E-state index >= 15 is 0 Å². The molecule has 0 amide bonds. The Morgan fingerprint density at radius 2 is 2.12 bits per heavy atom. The van der Waals surface area contributed by atoms with Gasteiger partial charge in [0, 0.05) is 0 Å². The highest BCUT2D eigenvalue weighted by molar-refractivity contribution is 9.10. The van der Waals surface area contributed by atoms with Gasteiger partial charge >= 0.3 is 5.97 Å². The van der Waals surface area contributed by atoms with E-state index in [1.807, 2.05) is 0 Å². The molecule has 1 aromatic carbocycles. The lowest BCUT2D eigenvalue weighted by Crippen LogP contribution is -2.26. The third kappa shape index (κ3) is 3.64. The Hall–Kier alpha value is -1.69. The summed E-state index contributed by atoms with van der Waals surface area (Å²) in [6, 6.07) is 5.06. The maximum absolute atomic E-state index is 13.5. The molecule has 6 heteroatoms. The maximum atomic E-state index is 13.5. The number of aryl methyl sites for hydroxylation is 1. The molecule has 0 radical (unpaired) electrons. The lowest BCUT2D eigenvalue weighted by molar-refractivity contribution is 0.0518. The Morgan fingerprint density at radius 1 is 1.40 bits per heavy atom. The van der Waals surface area contributed by atoms with Crippen LogP contribution < -0.4 is 0 Å². The maximum Gasteiger partial charge on any atom is 0.360 e. The number of aromatic nitrogens is 1. The zero-order chi connectivity index (χ0) is 18.0. The van der Waals surface area contributed by atoms with Crippen molar-refractivity contribution in [1.82, 2.24) is 4.98 Å². The van der Waals surface area contributed by atoms with Crippen molar-refractivity contribution in [3.63, 3.8) is 0 Å². The monoisotopic (exact) mass is 409 g/mol. The lowest BCUT2D eigenvalue weighted by atomic mass is 9.80. The van der Waals surface area contributed by atoms with Gasteiger partial charge in [0.2, 0.25) is 5.89 Å². The zero-order valence-electron chi connectivity index (χ0n) is 14.4. The first-order valence-corrected chi connectivity index (χ1v) is 9.33. The number of hydrogen-bond donors (Lipinski definition) is 0. The minimum atomic E-state index is -0.451. The van der Waals surface area contributed by atoms with Crippen molar-refractivity contribution in [2.45, 2.75) is 51.4 Å². The summed E-state index contributed by atoms with van der Waals surface area (Å²) in [6.45, 7) is 3.80. The van der Waals surface area contributed by atoms with Crippen LogP contribution in [0, 0.1) is 12.7 Å². The molecule has 3 rings (SSSR count). The molecule has 1 aliphatic carbocycles. The number of carbonyl (C=O) groups excluding carboxylic acids is 1. The molecule has 0 bridgehead atoms. The van der Waals surface area contributed by atoms with Crippen LogP contribution >= 0.6 is 15.9 Å². The van der Waals surface area contributed by atoms with Crippen LogP contribution in [0.4, 0.5) is 4.39 Å². The molecule has 1 saturated carbocycles. The van der Waals surface area contributed by atoms with Gasteiger partial charge in [0.1, 0.15) is 11.6 Å². The van der Waals surface area contributed by atoms with Crippen LogP contribution in [0.1, 0.15) is 60.3 Å². The van der Waals surface area contributed by atoms with E-state index in [2.05, 4.69) is 20.9 Å². The summed E-state index contributed by atoms with van der Waals surface area (Å²) in [4.78, 5) is 16.5. The number of benzene rings is 1. The minimum Gasteiger partial charge on any atom is -0.461 e. The summed E-state index contributed by atoms with van der Waals surface area (Å²) < 4.78 is 24.9. The predicted molar refractivity (Wildman–Crippen MR) is 95.1 cm³/mol. The number of rotatable bonds is 5. The summed E-state index contributed by atoms with van der Waals surface area (Å²) in [5.74, 6) is 0.347. The van der Waals surface area contributed by atoms with Crippen molar-refractivity contribution in [1.29, 1.82) is 0 Å². The summed E-state index contributed by atoms with van der Waals surface area (Å²) in [5.41, 5.74) is 1.01. The average molecular weight is 410 g/mol. The quantitative estimate of drug-likeness (QED) is 0.643. The molecule has 0 unspecified atom stereocenters. The van der Waals surface area contributed by atoms with Gasteiger partial charge < -0.3 is 9.15 Å². The van der Waals surface area contributed by atoms with Gasteiger partial charge in [0.05, 0.1) is 16.5 Å². The van der Waals surface area contributed by atoms with Gasteiger partial charge in [-0.05, 0) is 66.7 Å². The van der Waals surface area contributed by atoms with Crippen LogP contribution in [0.3, 0.4) is 0 Å². The Balaban J connectivity index is 1.94. The van der Waals surface area contributed by atoms with Crippen molar-refractivity contribution in [3.05, 3.63) is 51.4 Å². The van der Waals surface area contributed by atoms with E-state index in [0.29, 0.717) is 29.2 Å². The van der Waals surface area contributed by atoms with Crippen molar-refractivity contribution < 1.29 is 18.3 Å². The standard InChI is InChI=1S/C19H21BrFNO3/c1-3-24-17(23)16-12(2)25-18(22-16)19(8-4-5-9-19)11-13-6-7-15(21)14(20)10-13/h6-7,10H,3-5,8-9,11H2,1-2H3. The number of hydrogen-bond acceptors (Lipinski definition) is 4. The molecule has 1 fully saturated rings. The molecular weight excluding hydrogens is 389 g/mol. The summed E-state index contributed by atoms with van der Waals surface area (Å²) in [7, 11) is 0. The fraction of sp³-hybridized carbons (Fsp3) is 0.474. The third-order valence-electron chi connectivity index (χ3n) is 4.81. The second kappa shape index (κ2) is 7.28. The molecule has 0 atom stereocenters. The first kappa shape index (κ1) is 18.1. The van der Waals surface area contributed by atoms with E-state index in [1.54, 1.807) is 26.0 Å². The topological polar surface area (TPSA) is 52.3 Å².